The van der Waals surface area contributed by atoms with Gasteiger partial charge >= 0.3 is 6.09 Å². The van der Waals surface area contributed by atoms with Gasteiger partial charge in [-0.2, -0.15) is 0 Å². The zero-order valence-electron chi connectivity index (χ0n) is 18.6. The first-order chi connectivity index (χ1) is 14.6. The van der Waals surface area contributed by atoms with E-state index in [-0.39, 0.29) is 6.09 Å². The maximum Gasteiger partial charge on any atom is 0.409 e. The predicted molar refractivity (Wildman–Crippen MR) is 121 cm³/mol. The molecule has 0 aromatic carbocycles. The lowest BCUT2D eigenvalue weighted by Gasteiger charge is -2.36. The summed E-state index contributed by atoms with van der Waals surface area (Å²) in [5.41, 5.74) is 1.20. The van der Waals surface area contributed by atoms with Crippen molar-refractivity contribution >= 4 is 23.4 Å². The number of piperidine rings is 1. The van der Waals surface area contributed by atoms with E-state index in [9.17, 15) is 4.79 Å². The molecule has 1 amide bonds. The fraction of sp³-hybridized carbons (Fsp3) is 0.762. The van der Waals surface area contributed by atoms with Crippen molar-refractivity contribution in [2.45, 2.75) is 40.2 Å². The van der Waals surface area contributed by atoms with E-state index in [0.29, 0.717) is 25.6 Å². The molecule has 0 aliphatic carbocycles. The zero-order chi connectivity index (χ0) is 21.3. The minimum absolute atomic E-state index is 0.210. The molecule has 0 spiro atoms. The van der Waals surface area contributed by atoms with Gasteiger partial charge in [0.05, 0.1) is 17.3 Å². The van der Waals surface area contributed by atoms with Crippen LogP contribution in [0.3, 0.4) is 0 Å². The lowest BCUT2D eigenvalue weighted by atomic mass is 9.97. The molecule has 1 N–H and O–H groups in total. The van der Waals surface area contributed by atoms with Crippen molar-refractivity contribution in [3.63, 3.8) is 0 Å². The van der Waals surface area contributed by atoms with Crippen molar-refractivity contribution in [1.29, 1.82) is 0 Å². The van der Waals surface area contributed by atoms with E-state index in [1.165, 1.54) is 18.5 Å². The molecular weight excluding hydrogens is 400 g/mol. The Hall–Kier alpha value is -1.87. The Morgan fingerprint density at radius 2 is 1.90 bits per heavy atom. The van der Waals surface area contributed by atoms with Crippen LogP contribution in [0.4, 0.5) is 4.79 Å². The number of likely N-dealkylation sites (tertiary alicyclic amines) is 1. The molecule has 0 unspecified atom stereocenters. The monoisotopic (exact) mass is 436 g/mol. The first-order valence-corrected chi connectivity index (χ1v) is 12.0. The van der Waals surface area contributed by atoms with Crippen molar-refractivity contribution in [2.75, 3.05) is 59.0 Å². The van der Waals surface area contributed by atoms with Crippen molar-refractivity contribution in [3.8, 4) is 0 Å². The van der Waals surface area contributed by atoms with Gasteiger partial charge in [0.15, 0.2) is 5.96 Å². The van der Waals surface area contributed by atoms with Crippen LogP contribution in [0.2, 0.25) is 0 Å². The molecule has 0 bridgehead atoms. The fourth-order valence-electron chi connectivity index (χ4n) is 3.99. The summed E-state index contributed by atoms with van der Waals surface area (Å²) in [4.78, 5) is 28.0. The number of ether oxygens (including phenoxy) is 1. The number of nitrogens with zero attached hydrogens (tertiary/aromatic N) is 5. The van der Waals surface area contributed by atoms with Gasteiger partial charge in [-0.1, -0.05) is 0 Å². The second kappa shape index (κ2) is 11.5. The second-order valence-electron chi connectivity index (χ2n) is 7.95. The van der Waals surface area contributed by atoms with Crippen LogP contribution in [0, 0.1) is 12.8 Å². The number of amides is 1. The number of nitrogens with one attached hydrogen (secondary N) is 1. The normalized spacial score (nSPS) is 19.2. The van der Waals surface area contributed by atoms with E-state index >= 15 is 0 Å². The topological polar surface area (TPSA) is 73.3 Å². The number of hydrogen-bond donors (Lipinski definition) is 1. The molecule has 1 aromatic heterocycles. The predicted octanol–water partition coefficient (Wildman–Crippen LogP) is 2.40. The zero-order valence-corrected chi connectivity index (χ0v) is 19.4. The average molecular weight is 437 g/mol. The summed E-state index contributed by atoms with van der Waals surface area (Å²) in [6.07, 6.45) is 2.16. The highest BCUT2D eigenvalue weighted by atomic mass is 32.1. The smallest absolute Gasteiger partial charge is 0.409 e. The SMILES string of the molecule is CCNC(=NCC1CCN(Cc2csc(C)n2)CC1)N1CCN(C(=O)OCC)CC1. The number of carbonyl (C=O) groups excluding carboxylic acids is 1. The maximum absolute atomic E-state index is 11.9. The van der Waals surface area contributed by atoms with Crippen molar-refractivity contribution < 1.29 is 9.53 Å². The number of thiazole rings is 1. The third-order valence-corrected chi connectivity index (χ3v) is 6.52. The molecule has 30 heavy (non-hydrogen) atoms. The highest BCUT2D eigenvalue weighted by Crippen LogP contribution is 2.20. The Morgan fingerprint density at radius 3 is 2.50 bits per heavy atom. The van der Waals surface area contributed by atoms with Crippen LogP contribution in [-0.4, -0.2) is 90.7 Å². The lowest BCUT2D eigenvalue weighted by molar-refractivity contribution is 0.0914. The largest absolute Gasteiger partial charge is 0.450 e. The molecule has 0 radical (unpaired) electrons. The number of guanidine groups is 1. The molecule has 3 heterocycles. The van der Waals surface area contributed by atoms with Gasteiger partial charge in [0.2, 0.25) is 0 Å². The van der Waals surface area contributed by atoms with Gasteiger partial charge in [0, 0.05) is 51.2 Å². The van der Waals surface area contributed by atoms with Crippen LogP contribution in [0.5, 0.6) is 0 Å². The molecule has 3 rings (SSSR count). The number of rotatable bonds is 6. The van der Waals surface area contributed by atoms with E-state index in [1.807, 2.05) is 6.92 Å². The molecule has 2 saturated heterocycles. The molecule has 168 valence electrons. The molecule has 0 saturated carbocycles. The molecular formula is C21H36N6O2S. The third kappa shape index (κ3) is 6.57. The standard InChI is InChI=1S/C21H36N6O2S/c1-4-22-20(26-10-12-27(13-11-26)21(28)29-5-2)23-14-18-6-8-25(9-7-18)15-19-16-30-17(3)24-19/h16,18H,4-15H2,1-3H3,(H,22,23). The number of aliphatic imine (C=N–C) groups is 1. The van der Waals surface area contributed by atoms with E-state index in [0.717, 1.165) is 56.8 Å². The van der Waals surface area contributed by atoms with E-state index in [4.69, 9.17) is 9.73 Å². The molecule has 1 aromatic rings. The van der Waals surface area contributed by atoms with Gasteiger partial charge in [-0.05, 0) is 52.6 Å². The van der Waals surface area contributed by atoms with E-state index in [1.54, 1.807) is 16.2 Å². The average Bonchev–Trinajstić information content (AvgIpc) is 3.17. The number of piperazine rings is 1. The summed E-state index contributed by atoms with van der Waals surface area (Å²) in [5.74, 6) is 1.61. The maximum atomic E-state index is 11.9. The summed E-state index contributed by atoms with van der Waals surface area (Å²) in [7, 11) is 0. The highest BCUT2D eigenvalue weighted by molar-refractivity contribution is 7.09. The Kier molecular flexibility index (Phi) is 8.74. The Bertz CT molecular complexity index is 693. The van der Waals surface area contributed by atoms with Crippen LogP contribution in [0.25, 0.3) is 0 Å². The first-order valence-electron chi connectivity index (χ1n) is 11.2. The van der Waals surface area contributed by atoms with Crippen LogP contribution in [0.15, 0.2) is 10.4 Å². The molecule has 8 nitrogen and oxygen atoms in total. The van der Waals surface area contributed by atoms with Crippen molar-refractivity contribution in [2.24, 2.45) is 10.9 Å². The molecule has 2 aliphatic heterocycles. The second-order valence-corrected chi connectivity index (χ2v) is 9.01. The molecule has 2 aliphatic rings. The summed E-state index contributed by atoms with van der Waals surface area (Å²) >= 11 is 1.73. The van der Waals surface area contributed by atoms with E-state index in [2.05, 4.69) is 39.3 Å². The van der Waals surface area contributed by atoms with Gasteiger partial charge in [-0.3, -0.25) is 9.89 Å². The summed E-state index contributed by atoms with van der Waals surface area (Å²) < 4.78 is 5.11. The minimum atomic E-state index is -0.210. The number of aromatic nitrogens is 1. The Morgan fingerprint density at radius 1 is 1.20 bits per heavy atom. The molecule has 0 atom stereocenters. The number of aryl methyl sites for hydroxylation is 1. The van der Waals surface area contributed by atoms with Gasteiger partial charge < -0.3 is 19.9 Å². The van der Waals surface area contributed by atoms with Crippen LogP contribution < -0.4 is 5.32 Å². The highest BCUT2D eigenvalue weighted by Gasteiger charge is 2.24. The van der Waals surface area contributed by atoms with Crippen molar-refractivity contribution in [1.82, 2.24) is 25.0 Å². The Balaban J connectivity index is 1.44. The van der Waals surface area contributed by atoms with Crippen molar-refractivity contribution in [3.05, 3.63) is 16.1 Å². The van der Waals surface area contributed by atoms with Gasteiger partial charge in [0.1, 0.15) is 0 Å². The summed E-state index contributed by atoms with van der Waals surface area (Å²) in [5, 5.41) is 6.75. The minimum Gasteiger partial charge on any atom is -0.450 e. The van der Waals surface area contributed by atoms with Crippen LogP contribution in [0.1, 0.15) is 37.4 Å². The molecule has 9 heteroatoms. The lowest BCUT2D eigenvalue weighted by Crippen LogP contribution is -2.54. The quantitative estimate of drug-likeness (QED) is 0.545. The Labute approximate surface area is 184 Å². The van der Waals surface area contributed by atoms with E-state index < -0.39 is 0 Å². The summed E-state index contributed by atoms with van der Waals surface area (Å²) in [6.45, 7) is 14.3. The van der Waals surface area contributed by atoms with Gasteiger partial charge in [0.25, 0.3) is 0 Å². The van der Waals surface area contributed by atoms with Gasteiger partial charge in [-0.15, -0.1) is 11.3 Å². The fourth-order valence-corrected chi connectivity index (χ4v) is 4.60. The van der Waals surface area contributed by atoms with Gasteiger partial charge in [-0.25, -0.2) is 9.78 Å². The molecule has 2 fully saturated rings. The number of carbonyl (C=O) groups is 1. The van der Waals surface area contributed by atoms with Crippen LogP contribution >= 0.6 is 11.3 Å². The number of hydrogen-bond acceptors (Lipinski definition) is 6. The van der Waals surface area contributed by atoms with Crippen LogP contribution in [-0.2, 0) is 11.3 Å². The summed E-state index contributed by atoms with van der Waals surface area (Å²) in [6, 6.07) is 0. The first kappa shape index (κ1) is 22.8. The third-order valence-electron chi connectivity index (χ3n) is 5.70.